The third-order valence-corrected chi connectivity index (χ3v) is 11.6. The van der Waals surface area contributed by atoms with Gasteiger partial charge in [0.1, 0.15) is 12.6 Å². The molecule has 6 aromatic carbocycles. The molecule has 306 valence electrons. The molecule has 5 atom stereocenters. The monoisotopic (exact) mass is 803 g/mol. The number of nitrogens with zero attached hydrogens (tertiary/aromatic N) is 2. The maximum absolute atomic E-state index is 13.2. The summed E-state index contributed by atoms with van der Waals surface area (Å²) in [5.41, 5.74) is 7.48. The van der Waals surface area contributed by atoms with Crippen LogP contribution >= 0.6 is 0 Å². The van der Waals surface area contributed by atoms with Gasteiger partial charge >= 0.3 is 6.09 Å². The Balaban J connectivity index is 0.933. The van der Waals surface area contributed by atoms with Gasteiger partial charge in [0, 0.05) is 24.6 Å². The number of likely N-dealkylation sites (N-methyl/N-ethyl adjacent to an activating group) is 1. The van der Waals surface area contributed by atoms with Gasteiger partial charge in [0.05, 0.1) is 31.8 Å². The molecular weight excluding hydrogens is 755 g/mol. The Hall–Kier alpha value is -6.17. The van der Waals surface area contributed by atoms with Crippen molar-refractivity contribution in [2.24, 2.45) is 0 Å². The number of imide groups is 1. The Bertz CT molecular complexity index is 2440. The molecule has 3 amide bonds. The van der Waals surface area contributed by atoms with Gasteiger partial charge in [-0.05, 0) is 75.8 Å². The Morgan fingerprint density at radius 2 is 1.50 bits per heavy atom. The van der Waals surface area contributed by atoms with Gasteiger partial charge in [-0.15, -0.1) is 0 Å². The number of benzene rings is 6. The zero-order chi connectivity index (χ0) is 41.6. The summed E-state index contributed by atoms with van der Waals surface area (Å²) in [4.78, 5) is 42.1. The molecule has 10 nitrogen and oxygen atoms in total. The number of alkyl carbamates (subject to hydrolysis) is 1. The van der Waals surface area contributed by atoms with Gasteiger partial charge in [-0.2, -0.15) is 0 Å². The molecular formula is C50H49N3O7. The highest BCUT2D eigenvalue weighted by Crippen LogP contribution is 2.39. The number of hydrogen-bond donors (Lipinski definition) is 2. The molecule has 0 spiro atoms. The molecule has 10 heteroatoms. The van der Waals surface area contributed by atoms with E-state index in [4.69, 9.17) is 14.2 Å². The van der Waals surface area contributed by atoms with Crippen LogP contribution < -0.4 is 5.32 Å². The van der Waals surface area contributed by atoms with Crippen LogP contribution in [0.25, 0.3) is 21.9 Å². The highest BCUT2D eigenvalue weighted by Gasteiger charge is 2.40. The molecule has 2 fully saturated rings. The Kier molecular flexibility index (Phi) is 12.4. The van der Waals surface area contributed by atoms with Crippen molar-refractivity contribution >= 4 is 28.7 Å². The van der Waals surface area contributed by atoms with E-state index in [9.17, 15) is 19.5 Å². The highest BCUT2D eigenvalue weighted by atomic mass is 16.7. The van der Waals surface area contributed by atoms with Gasteiger partial charge in [-0.1, -0.05) is 133 Å². The number of aliphatic hydroxyl groups excluding tert-OH is 1. The van der Waals surface area contributed by atoms with Gasteiger partial charge in [-0.3, -0.25) is 19.4 Å². The van der Waals surface area contributed by atoms with E-state index >= 15 is 0 Å². The second-order valence-corrected chi connectivity index (χ2v) is 15.7. The number of aliphatic hydroxyl groups is 1. The van der Waals surface area contributed by atoms with Crippen LogP contribution in [0.15, 0.2) is 146 Å². The topological polar surface area (TPSA) is 118 Å². The number of ether oxygens (including phenoxy) is 3. The summed E-state index contributed by atoms with van der Waals surface area (Å²) >= 11 is 0. The molecule has 0 aromatic heterocycles. The molecule has 2 saturated heterocycles. The third-order valence-electron chi connectivity index (χ3n) is 11.6. The summed E-state index contributed by atoms with van der Waals surface area (Å²) in [7, 11) is 2.14. The number of likely N-dealkylation sites (tertiary alicyclic amines) is 1. The first kappa shape index (κ1) is 40.6. The van der Waals surface area contributed by atoms with Crippen LogP contribution in [-0.2, 0) is 43.6 Å². The van der Waals surface area contributed by atoms with Gasteiger partial charge in [0.2, 0.25) is 5.91 Å². The second kappa shape index (κ2) is 18.4. The van der Waals surface area contributed by atoms with Gasteiger partial charge in [0.15, 0.2) is 6.29 Å². The summed E-state index contributed by atoms with van der Waals surface area (Å²) in [6.07, 6.45) is -1.15. The predicted molar refractivity (Wildman–Crippen MR) is 229 cm³/mol. The fourth-order valence-corrected chi connectivity index (χ4v) is 7.97. The number of carbonyl (C=O) groups is 3. The van der Waals surface area contributed by atoms with Crippen molar-refractivity contribution in [2.75, 3.05) is 13.6 Å². The summed E-state index contributed by atoms with van der Waals surface area (Å²) in [5.74, 6) is -0.819. The maximum Gasteiger partial charge on any atom is 0.408 e. The fraction of sp³-hybridized carbons (Fsp3) is 0.260. The van der Waals surface area contributed by atoms with Crippen molar-refractivity contribution in [3.8, 4) is 11.1 Å². The van der Waals surface area contributed by atoms with Crippen molar-refractivity contribution in [3.05, 3.63) is 179 Å². The van der Waals surface area contributed by atoms with Crippen molar-refractivity contribution in [2.45, 2.75) is 70.1 Å². The maximum atomic E-state index is 13.2. The molecule has 8 rings (SSSR count). The first-order chi connectivity index (χ1) is 29.2. The standard InChI is InChI=1S/C50H49N3O7/c1-33(41-24-21-37-12-6-7-13-43(37)26-41)52(2)30-44-27-46(39-17-15-34(31-54)16-18-39)60-49(59-44)40-22-19-38(20-23-40)42-14-8-11-36(25-42)29-53-47(55)28-45(48(53)56)51-50(57)58-32-35-9-4-3-5-10-35/h3-26,33,44-46,49,54H,27-32H2,1-2H3,(H,51,57)/t33-,44+,45?,46-,49-/m1/s1. The quantitative estimate of drug-likeness (QED) is 0.111. The molecule has 1 unspecified atom stereocenters. The van der Waals surface area contributed by atoms with E-state index in [0.29, 0.717) is 13.0 Å². The Labute approximate surface area is 350 Å². The normalized spacial score (nSPS) is 19.8. The Morgan fingerprint density at radius 1 is 0.783 bits per heavy atom. The van der Waals surface area contributed by atoms with Gasteiger partial charge in [-0.25, -0.2) is 4.79 Å². The Morgan fingerprint density at radius 3 is 2.27 bits per heavy atom. The predicted octanol–water partition coefficient (Wildman–Crippen LogP) is 8.79. The molecule has 0 radical (unpaired) electrons. The number of fused-ring (bicyclic) bond motifs is 1. The van der Waals surface area contributed by atoms with E-state index in [0.717, 1.165) is 38.9 Å². The number of hydrogen-bond acceptors (Lipinski definition) is 8. The van der Waals surface area contributed by atoms with Gasteiger partial charge < -0.3 is 24.6 Å². The minimum atomic E-state index is -0.978. The van der Waals surface area contributed by atoms with E-state index in [1.807, 2.05) is 103 Å². The van der Waals surface area contributed by atoms with Crippen LogP contribution in [-0.4, -0.2) is 58.6 Å². The summed E-state index contributed by atoms with van der Waals surface area (Å²) < 4.78 is 18.6. The first-order valence-corrected chi connectivity index (χ1v) is 20.4. The van der Waals surface area contributed by atoms with Crippen LogP contribution in [0.2, 0.25) is 0 Å². The van der Waals surface area contributed by atoms with E-state index in [1.54, 1.807) is 0 Å². The van der Waals surface area contributed by atoms with Crippen molar-refractivity contribution in [3.63, 3.8) is 0 Å². The second-order valence-electron chi connectivity index (χ2n) is 15.7. The lowest BCUT2D eigenvalue weighted by Gasteiger charge is -2.39. The summed E-state index contributed by atoms with van der Waals surface area (Å²) in [6.45, 7) is 3.04. The van der Waals surface area contributed by atoms with Gasteiger partial charge in [0.25, 0.3) is 5.91 Å². The molecule has 0 bridgehead atoms. The largest absolute Gasteiger partial charge is 0.445 e. The lowest BCUT2D eigenvalue weighted by atomic mass is 9.98. The van der Waals surface area contributed by atoms with Crippen molar-refractivity contribution in [1.82, 2.24) is 15.1 Å². The number of amides is 3. The zero-order valence-electron chi connectivity index (χ0n) is 33.8. The lowest BCUT2D eigenvalue weighted by Crippen LogP contribution is -2.41. The zero-order valence-corrected chi connectivity index (χ0v) is 33.8. The minimum Gasteiger partial charge on any atom is -0.445 e. The van der Waals surface area contributed by atoms with Crippen molar-refractivity contribution < 1.29 is 33.7 Å². The summed E-state index contributed by atoms with van der Waals surface area (Å²) in [5, 5.41) is 14.7. The lowest BCUT2D eigenvalue weighted by molar-refractivity contribution is -0.253. The molecule has 60 heavy (non-hydrogen) atoms. The van der Waals surface area contributed by atoms with E-state index in [-0.39, 0.29) is 50.3 Å². The van der Waals surface area contributed by atoms with Crippen LogP contribution in [0.1, 0.15) is 71.6 Å². The van der Waals surface area contributed by atoms with Crippen molar-refractivity contribution in [1.29, 1.82) is 0 Å². The van der Waals surface area contributed by atoms with Crippen LogP contribution in [0.5, 0.6) is 0 Å². The molecule has 2 heterocycles. The van der Waals surface area contributed by atoms with Crippen LogP contribution in [0.3, 0.4) is 0 Å². The third kappa shape index (κ3) is 9.48. The van der Waals surface area contributed by atoms with E-state index in [2.05, 4.69) is 66.7 Å². The SMILES string of the molecule is C[C@H](c1ccc2ccccc2c1)N(C)C[C@@H]1C[C@H](c2ccc(CO)cc2)O[C@H](c2ccc(-c3cccc(CN4C(=O)CC(NC(=O)OCc5ccccc5)C4=O)c3)cc2)O1. The van der Waals surface area contributed by atoms with E-state index < -0.39 is 24.3 Å². The highest BCUT2D eigenvalue weighted by molar-refractivity contribution is 6.06. The molecule has 2 aliphatic rings. The first-order valence-electron chi connectivity index (χ1n) is 20.4. The molecule has 0 aliphatic carbocycles. The van der Waals surface area contributed by atoms with Crippen LogP contribution in [0.4, 0.5) is 4.79 Å². The summed E-state index contributed by atoms with van der Waals surface area (Å²) in [6, 6.07) is 47.2. The molecule has 2 N–H and O–H groups in total. The number of carbonyl (C=O) groups excluding carboxylic acids is 3. The van der Waals surface area contributed by atoms with Crippen LogP contribution in [0, 0.1) is 0 Å². The van der Waals surface area contributed by atoms with E-state index in [1.165, 1.54) is 21.2 Å². The average molecular weight is 804 g/mol. The molecule has 6 aromatic rings. The minimum absolute atomic E-state index is 0.0206. The number of rotatable bonds is 13. The molecule has 0 saturated carbocycles. The average Bonchev–Trinajstić information content (AvgIpc) is 3.55. The fourth-order valence-electron chi connectivity index (χ4n) is 7.97. The smallest absolute Gasteiger partial charge is 0.408 e. The number of nitrogens with one attached hydrogen (secondary N) is 1. The molecule has 2 aliphatic heterocycles.